The van der Waals surface area contributed by atoms with E-state index in [4.69, 9.17) is 5.11 Å². The van der Waals surface area contributed by atoms with E-state index in [0.29, 0.717) is 12.5 Å². The van der Waals surface area contributed by atoms with Crippen LogP contribution in [0.4, 0.5) is 10.7 Å². The minimum atomic E-state index is -0.983. The average molecular weight is 340 g/mol. The molecule has 1 saturated heterocycles. The van der Waals surface area contributed by atoms with Crippen LogP contribution in [0.1, 0.15) is 12.8 Å². The van der Waals surface area contributed by atoms with Gasteiger partial charge < -0.3 is 15.3 Å². The molecule has 0 aromatic carbocycles. The first kappa shape index (κ1) is 13.2. The van der Waals surface area contributed by atoms with E-state index >= 15 is 0 Å². The Labute approximate surface area is 123 Å². The van der Waals surface area contributed by atoms with Crippen molar-refractivity contribution in [1.82, 2.24) is 19.9 Å². The number of pyridine rings is 1. The normalized spacial score (nSPS) is 19.2. The molecule has 1 aliphatic rings. The summed E-state index contributed by atoms with van der Waals surface area (Å²) in [5.74, 6) is 0.639. The summed E-state index contributed by atoms with van der Waals surface area (Å²) >= 11 is 3.40. The second kappa shape index (κ2) is 5.28. The number of halogens is 1. The highest BCUT2D eigenvalue weighted by Crippen LogP contribution is 2.18. The number of nitrogens with one attached hydrogen (secondary N) is 1. The molecular weight excluding hydrogens is 326 g/mol. The van der Waals surface area contributed by atoms with Crippen molar-refractivity contribution in [1.29, 1.82) is 0 Å². The van der Waals surface area contributed by atoms with E-state index in [1.165, 1.54) is 0 Å². The maximum Gasteiger partial charge on any atom is 0.404 e. The van der Waals surface area contributed by atoms with Crippen LogP contribution in [-0.4, -0.2) is 44.9 Å². The van der Waals surface area contributed by atoms with Crippen LogP contribution in [-0.2, 0) is 0 Å². The first-order valence-corrected chi connectivity index (χ1v) is 7.17. The number of amides is 1. The van der Waals surface area contributed by atoms with Crippen LogP contribution in [0.2, 0.25) is 0 Å². The van der Waals surface area contributed by atoms with Gasteiger partial charge in [-0.25, -0.2) is 9.31 Å². The predicted octanol–water partition coefficient (Wildman–Crippen LogP) is 1.73. The van der Waals surface area contributed by atoms with Gasteiger partial charge in [0.25, 0.3) is 0 Å². The molecule has 0 bridgehead atoms. The van der Waals surface area contributed by atoms with Crippen molar-refractivity contribution in [3.05, 3.63) is 22.8 Å². The molecule has 2 aromatic heterocycles. The van der Waals surface area contributed by atoms with Crippen molar-refractivity contribution >= 4 is 33.6 Å². The summed E-state index contributed by atoms with van der Waals surface area (Å²) in [5, 5.41) is 15.8. The lowest BCUT2D eigenvalue weighted by Gasteiger charge is -2.31. The number of hydrogen-bond acceptors (Lipinski definition) is 4. The van der Waals surface area contributed by atoms with Gasteiger partial charge in [-0.1, -0.05) is 0 Å². The molecule has 1 fully saturated rings. The molecule has 0 radical (unpaired) electrons. The minimum Gasteiger partial charge on any atom is -0.465 e. The van der Waals surface area contributed by atoms with Crippen molar-refractivity contribution in [3.63, 3.8) is 0 Å². The molecule has 1 amide bonds. The van der Waals surface area contributed by atoms with Crippen LogP contribution in [0, 0.1) is 0 Å². The number of carboxylic acid groups (broad SMARTS) is 1. The molecule has 1 aliphatic heterocycles. The Bertz CT molecular complexity index is 644. The Balaban J connectivity index is 1.81. The fourth-order valence-electron chi connectivity index (χ4n) is 2.43. The van der Waals surface area contributed by atoms with Crippen molar-refractivity contribution in [2.45, 2.75) is 18.9 Å². The largest absolute Gasteiger partial charge is 0.465 e. The molecule has 3 heterocycles. The number of hydrogen-bond donors (Lipinski definition) is 2. The zero-order chi connectivity index (χ0) is 14.1. The maximum atomic E-state index is 10.7. The Kier molecular flexibility index (Phi) is 3.47. The number of rotatable bonds is 2. The van der Waals surface area contributed by atoms with Crippen LogP contribution in [0.15, 0.2) is 22.8 Å². The molecule has 1 unspecified atom stereocenters. The van der Waals surface area contributed by atoms with Crippen LogP contribution in [0.3, 0.4) is 0 Å². The Morgan fingerprint density at radius 2 is 2.35 bits per heavy atom. The van der Waals surface area contributed by atoms with E-state index in [-0.39, 0.29) is 6.04 Å². The van der Waals surface area contributed by atoms with Crippen molar-refractivity contribution < 1.29 is 9.90 Å². The average Bonchev–Trinajstić information content (AvgIpc) is 2.81. The van der Waals surface area contributed by atoms with Gasteiger partial charge in [0.05, 0.1) is 0 Å². The van der Waals surface area contributed by atoms with E-state index < -0.39 is 6.09 Å². The molecule has 0 saturated carbocycles. The zero-order valence-electron chi connectivity index (χ0n) is 10.7. The second-order valence-electron chi connectivity index (χ2n) is 4.80. The SMILES string of the molecule is O=C(O)NC1CCCN(c2nc3ccc(Br)cn3n2)C1. The molecule has 7 nitrogen and oxygen atoms in total. The van der Waals surface area contributed by atoms with E-state index in [1.54, 1.807) is 4.52 Å². The van der Waals surface area contributed by atoms with Crippen LogP contribution in [0.5, 0.6) is 0 Å². The molecule has 8 heteroatoms. The van der Waals surface area contributed by atoms with Gasteiger partial charge in [0, 0.05) is 29.8 Å². The molecule has 2 N–H and O–H groups in total. The highest BCUT2D eigenvalue weighted by molar-refractivity contribution is 9.10. The number of carbonyl (C=O) groups is 1. The van der Waals surface area contributed by atoms with Gasteiger partial charge in [-0.2, -0.15) is 4.98 Å². The van der Waals surface area contributed by atoms with E-state index in [0.717, 1.165) is 29.5 Å². The van der Waals surface area contributed by atoms with Gasteiger partial charge in [-0.15, -0.1) is 5.10 Å². The molecule has 0 spiro atoms. The number of aromatic nitrogens is 3. The first-order chi connectivity index (χ1) is 9.61. The van der Waals surface area contributed by atoms with E-state index in [2.05, 4.69) is 31.3 Å². The lowest BCUT2D eigenvalue weighted by atomic mass is 10.1. The first-order valence-electron chi connectivity index (χ1n) is 6.38. The molecule has 1 atom stereocenters. The summed E-state index contributed by atoms with van der Waals surface area (Å²) in [6.07, 6.45) is 2.64. The van der Waals surface area contributed by atoms with Gasteiger partial charge >= 0.3 is 6.09 Å². The maximum absolute atomic E-state index is 10.7. The zero-order valence-corrected chi connectivity index (χ0v) is 12.2. The van der Waals surface area contributed by atoms with Gasteiger partial charge in [0.15, 0.2) is 5.65 Å². The molecule has 20 heavy (non-hydrogen) atoms. The quantitative estimate of drug-likeness (QED) is 0.870. The van der Waals surface area contributed by atoms with Crippen LogP contribution >= 0.6 is 15.9 Å². The fourth-order valence-corrected chi connectivity index (χ4v) is 2.76. The Morgan fingerprint density at radius 1 is 1.50 bits per heavy atom. The van der Waals surface area contributed by atoms with Gasteiger partial charge in [0.2, 0.25) is 5.95 Å². The van der Waals surface area contributed by atoms with Crippen molar-refractivity contribution in [2.75, 3.05) is 18.0 Å². The molecule has 106 valence electrons. The monoisotopic (exact) mass is 339 g/mol. The summed E-state index contributed by atoms with van der Waals surface area (Å²) in [5.41, 5.74) is 0.775. The highest BCUT2D eigenvalue weighted by Gasteiger charge is 2.23. The topological polar surface area (TPSA) is 82.8 Å². The second-order valence-corrected chi connectivity index (χ2v) is 5.71. The lowest BCUT2D eigenvalue weighted by Crippen LogP contribution is -2.47. The van der Waals surface area contributed by atoms with Gasteiger partial charge in [-0.05, 0) is 40.9 Å². The number of fused-ring (bicyclic) bond motifs is 1. The lowest BCUT2D eigenvalue weighted by molar-refractivity contribution is 0.188. The van der Waals surface area contributed by atoms with Crippen molar-refractivity contribution in [2.24, 2.45) is 0 Å². The van der Waals surface area contributed by atoms with Crippen LogP contribution < -0.4 is 10.2 Å². The summed E-state index contributed by atoms with van der Waals surface area (Å²) in [6, 6.07) is 3.73. The third-order valence-electron chi connectivity index (χ3n) is 3.32. The third kappa shape index (κ3) is 2.69. The summed E-state index contributed by atoms with van der Waals surface area (Å²) in [4.78, 5) is 17.2. The fraction of sp³-hybridized carbons (Fsp3) is 0.417. The third-order valence-corrected chi connectivity index (χ3v) is 3.78. The number of anilines is 1. The summed E-state index contributed by atoms with van der Waals surface area (Å²) < 4.78 is 2.65. The Hall–Kier alpha value is -1.83. The van der Waals surface area contributed by atoms with Crippen LogP contribution in [0.25, 0.3) is 5.65 Å². The van der Waals surface area contributed by atoms with Crippen molar-refractivity contribution in [3.8, 4) is 0 Å². The highest BCUT2D eigenvalue weighted by atomic mass is 79.9. The molecular formula is C12H14BrN5O2. The standard InChI is InChI=1S/C12H14BrN5O2/c13-8-3-4-10-15-11(16-18(10)6-8)17-5-1-2-9(7-17)14-12(19)20/h3-4,6,9,14H,1-2,5,7H2,(H,19,20). The summed E-state index contributed by atoms with van der Waals surface area (Å²) in [6.45, 7) is 1.44. The Morgan fingerprint density at radius 3 is 3.15 bits per heavy atom. The smallest absolute Gasteiger partial charge is 0.404 e. The minimum absolute atomic E-state index is 0.0698. The molecule has 0 aliphatic carbocycles. The molecule has 2 aromatic rings. The number of nitrogens with zero attached hydrogens (tertiary/aromatic N) is 4. The summed E-state index contributed by atoms with van der Waals surface area (Å²) in [7, 11) is 0. The van der Waals surface area contributed by atoms with Gasteiger partial charge in [-0.3, -0.25) is 0 Å². The molecule has 3 rings (SSSR count). The predicted molar refractivity (Wildman–Crippen MR) is 77.1 cm³/mol. The van der Waals surface area contributed by atoms with E-state index in [1.807, 2.05) is 23.2 Å². The van der Waals surface area contributed by atoms with Gasteiger partial charge in [0.1, 0.15) is 0 Å². The van der Waals surface area contributed by atoms with E-state index in [9.17, 15) is 4.79 Å². The number of piperidine rings is 1.